The van der Waals surface area contributed by atoms with Crippen LogP contribution < -0.4 is 0 Å². The number of benzene rings is 2. The van der Waals surface area contributed by atoms with Crippen LogP contribution in [0.4, 0.5) is 0 Å². The van der Waals surface area contributed by atoms with Gasteiger partial charge in [0.15, 0.2) is 0 Å². The van der Waals surface area contributed by atoms with Crippen molar-refractivity contribution in [1.29, 1.82) is 0 Å². The Morgan fingerprint density at radius 2 is 1.75 bits per heavy atom. The van der Waals surface area contributed by atoms with Gasteiger partial charge in [-0.2, -0.15) is 0 Å². The Kier molecular flexibility index (Phi) is 2.36. The largest absolute Gasteiger partial charge is 0.412 e. The zero-order chi connectivity index (χ0) is 11.0. The summed E-state index contributed by atoms with van der Waals surface area (Å²) >= 11 is 2.01. The van der Waals surface area contributed by atoms with Crippen molar-refractivity contribution in [2.45, 2.75) is 0 Å². The molecule has 3 rings (SSSR count). The van der Waals surface area contributed by atoms with Gasteiger partial charge in [0.05, 0.1) is 0 Å². The van der Waals surface area contributed by atoms with Gasteiger partial charge in [-0.1, -0.05) is 30.3 Å². The van der Waals surface area contributed by atoms with Crippen LogP contribution in [0.15, 0.2) is 46.9 Å². The van der Waals surface area contributed by atoms with Gasteiger partial charge < -0.3 is 4.42 Å². The van der Waals surface area contributed by atoms with Crippen molar-refractivity contribution in [2.24, 2.45) is 0 Å². The molecule has 3 nitrogen and oxygen atoms in total. The summed E-state index contributed by atoms with van der Waals surface area (Å²) in [6.07, 6.45) is 0. The molecule has 0 saturated heterocycles. The van der Waals surface area contributed by atoms with E-state index in [0.717, 1.165) is 5.56 Å². The second kappa shape index (κ2) is 3.86. The van der Waals surface area contributed by atoms with Crippen molar-refractivity contribution in [3.8, 4) is 11.5 Å². The molecule has 0 atom stereocenters. The molecule has 0 saturated carbocycles. The number of hydrogen-bond donors (Lipinski definition) is 0. The second-order valence-corrected chi connectivity index (χ2v) is 4.34. The molecule has 16 heavy (non-hydrogen) atoms. The van der Waals surface area contributed by atoms with Crippen LogP contribution >= 0.6 is 22.6 Å². The molecule has 0 radical (unpaired) electrons. The first kappa shape index (κ1) is 9.77. The predicted octanol–water partition coefficient (Wildman–Crippen LogP) is 3.49. The minimum atomic E-state index is 0.556. The fourth-order valence-electron chi connectivity index (χ4n) is 1.64. The molecule has 0 bridgehead atoms. The highest BCUT2D eigenvalue weighted by molar-refractivity contribution is 14.1. The van der Waals surface area contributed by atoms with Gasteiger partial charge in [0.25, 0.3) is 3.90 Å². The lowest BCUT2D eigenvalue weighted by molar-refractivity contribution is 0.537. The van der Waals surface area contributed by atoms with Crippen molar-refractivity contribution in [3.63, 3.8) is 0 Å². The maximum atomic E-state index is 5.38. The van der Waals surface area contributed by atoms with E-state index in [0.29, 0.717) is 9.79 Å². The van der Waals surface area contributed by atoms with Gasteiger partial charge in [0.2, 0.25) is 5.89 Å². The van der Waals surface area contributed by atoms with Crippen LogP contribution in [-0.2, 0) is 0 Å². The number of fused-ring (bicyclic) bond motifs is 1. The Morgan fingerprint density at radius 3 is 2.50 bits per heavy atom. The molecule has 1 heterocycles. The second-order valence-electron chi connectivity index (χ2n) is 3.42. The van der Waals surface area contributed by atoms with E-state index >= 15 is 0 Å². The van der Waals surface area contributed by atoms with Crippen molar-refractivity contribution in [3.05, 3.63) is 46.4 Å². The van der Waals surface area contributed by atoms with E-state index < -0.39 is 0 Å². The van der Waals surface area contributed by atoms with Gasteiger partial charge >= 0.3 is 0 Å². The third kappa shape index (κ3) is 1.69. The van der Waals surface area contributed by atoms with Crippen molar-refractivity contribution in [1.82, 2.24) is 10.2 Å². The fraction of sp³-hybridized carbons (Fsp3) is 0. The Morgan fingerprint density at radius 1 is 0.938 bits per heavy atom. The summed E-state index contributed by atoms with van der Waals surface area (Å²) in [5.41, 5.74) is 0.953. The topological polar surface area (TPSA) is 38.9 Å². The quantitative estimate of drug-likeness (QED) is 0.644. The van der Waals surface area contributed by atoms with Gasteiger partial charge in [0, 0.05) is 28.2 Å². The Balaban J connectivity index is 2.18. The first-order valence-corrected chi connectivity index (χ1v) is 5.89. The zero-order valence-corrected chi connectivity index (χ0v) is 10.4. The van der Waals surface area contributed by atoms with E-state index in [1.807, 2.05) is 40.8 Å². The molecule has 2 aromatic carbocycles. The molecule has 0 amide bonds. The van der Waals surface area contributed by atoms with Crippen molar-refractivity contribution < 1.29 is 4.42 Å². The minimum absolute atomic E-state index is 0.556. The highest BCUT2D eigenvalue weighted by Gasteiger charge is 2.06. The summed E-state index contributed by atoms with van der Waals surface area (Å²) in [4.78, 5) is 0. The minimum Gasteiger partial charge on any atom is -0.412 e. The molecule has 0 spiro atoms. The fourth-order valence-corrected chi connectivity index (χ4v) is 1.96. The van der Waals surface area contributed by atoms with E-state index in [1.54, 1.807) is 0 Å². The summed E-state index contributed by atoms with van der Waals surface area (Å²) in [5, 5.41) is 10.2. The maximum Gasteiger partial charge on any atom is 0.278 e. The smallest absolute Gasteiger partial charge is 0.278 e. The van der Waals surface area contributed by atoms with Gasteiger partial charge in [-0.15, -0.1) is 10.2 Å². The maximum absolute atomic E-state index is 5.38. The SMILES string of the molecule is Ic1nnc(-c2ccc3ccccc3c2)o1. The lowest BCUT2D eigenvalue weighted by Gasteiger charge is -1.98. The van der Waals surface area contributed by atoms with E-state index in [-0.39, 0.29) is 0 Å². The van der Waals surface area contributed by atoms with Crippen LogP contribution in [0.5, 0.6) is 0 Å². The monoisotopic (exact) mass is 322 g/mol. The summed E-state index contributed by atoms with van der Waals surface area (Å²) in [6.45, 7) is 0. The standard InChI is InChI=1S/C12H7IN2O/c13-12-15-14-11(16-12)10-6-5-8-3-1-2-4-9(8)7-10/h1-7H. The van der Waals surface area contributed by atoms with E-state index in [4.69, 9.17) is 4.42 Å². The first-order valence-electron chi connectivity index (χ1n) is 4.81. The van der Waals surface area contributed by atoms with Crippen LogP contribution in [0.1, 0.15) is 0 Å². The summed E-state index contributed by atoms with van der Waals surface area (Å²) in [6, 6.07) is 14.3. The third-order valence-electron chi connectivity index (χ3n) is 2.40. The van der Waals surface area contributed by atoms with E-state index in [1.165, 1.54) is 10.8 Å². The van der Waals surface area contributed by atoms with Gasteiger partial charge in [-0.25, -0.2) is 0 Å². The first-order chi connectivity index (χ1) is 7.83. The number of halogens is 1. The summed E-state index contributed by atoms with van der Waals surface area (Å²) in [7, 11) is 0. The van der Waals surface area contributed by atoms with E-state index in [2.05, 4.69) is 34.5 Å². The Labute approximate surface area is 106 Å². The molecule has 3 aromatic rings. The van der Waals surface area contributed by atoms with Crippen LogP contribution in [0.25, 0.3) is 22.2 Å². The lowest BCUT2D eigenvalue weighted by atomic mass is 10.1. The number of aromatic nitrogens is 2. The third-order valence-corrected chi connectivity index (χ3v) is 2.83. The number of rotatable bonds is 1. The molecule has 0 fully saturated rings. The van der Waals surface area contributed by atoms with Crippen LogP contribution in [-0.4, -0.2) is 10.2 Å². The molecular weight excluding hydrogens is 315 g/mol. The summed E-state index contributed by atoms with van der Waals surface area (Å²) < 4.78 is 5.94. The average Bonchev–Trinajstić information content (AvgIpc) is 2.75. The molecular formula is C12H7IN2O. The summed E-state index contributed by atoms with van der Waals surface area (Å²) in [5.74, 6) is 0.565. The Hall–Kier alpha value is -1.43. The Bertz CT molecular complexity index is 648. The van der Waals surface area contributed by atoms with Gasteiger partial charge in [0.1, 0.15) is 0 Å². The molecule has 0 N–H and O–H groups in total. The lowest BCUT2D eigenvalue weighted by Crippen LogP contribution is -1.78. The average molecular weight is 322 g/mol. The van der Waals surface area contributed by atoms with E-state index in [9.17, 15) is 0 Å². The molecule has 0 unspecified atom stereocenters. The zero-order valence-electron chi connectivity index (χ0n) is 8.22. The molecule has 0 aliphatic heterocycles. The molecule has 78 valence electrons. The predicted molar refractivity (Wildman–Crippen MR) is 70.0 cm³/mol. The van der Waals surface area contributed by atoms with Crippen LogP contribution in [0.3, 0.4) is 0 Å². The molecule has 4 heteroatoms. The number of hydrogen-bond acceptors (Lipinski definition) is 3. The molecule has 1 aromatic heterocycles. The van der Waals surface area contributed by atoms with Gasteiger partial charge in [-0.3, -0.25) is 0 Å². The van der Waals surface area contributed by atoms with Crippen molar-refractivity contribution in [2.75, 3.05) is 0 Å². The normalized spacial score (nSPS) is 10.8. The highest BCUT2D eigenvalue weighted by atomic mass is 127. The highest BCUT2D eigenvalue weighted by Crippen LogP contribution is 2.23. The van der Waals surface area contributed by atoms with Crippen LogP contribution in [0, 0.1) is 3.90 Å². The molecule has 0 aliphatic carbocycles. The van der Waals surface area contributed by atoms with Crippen LogP contribution in [0.2, 0.25) is 0 Å². The molecule has 0 aliphatic rings. The van der Waals surface area contributed by atoms with Gasteiger partial charge in [-0.05, 0) is 22.9 Å². The number of nitrogens with zero attached hydrogens (tertiary/aromatic N) is 2. The van der Waals surface area contributed by atoms with Crippen molar-refractivity contribution >= 4 is 33.4 Å².